The minimum atomic E-state index is 0.179. The first-order valence-electron chi connectivity index (χ1n) is 6.98. The molecule has 18 heavy (non-hydrogen) atoms. The second-order valence-corrected chi connectivity index (χ2v) is 6.67. The minimum absolute atomic E-state index is 0.179. The highest BCUT2D eigenvalue weighted by Gasteiger charge is 2.28. The van der Waals surface area contributed by atoms with Gasteiger partial charge in [0.15, 0.2) is 5.13 Å². The fourth-order valence-corrected chi connectivity index (χ4v) is 3.59. The zero-order chi connectivity index (χ0) is 12.5. The number of anilines is 1. The number of rotatable bonds is 3. The fourth-order valence-electron chi connectivity index (χ4n) is 2.79. The summed E-state index contributed by atoms with van der Waals surface area (Å²) < 4.78 is 0. The number of carbonyl (C=O) groups excluding carboxylic acids is 1. The van der Waals surface area contributed by atoms with Crippen molar-refractivity contribution < 1.29 is 4.79 Å². The summed E-state index contributed by atoms with van der Waals surface area (Å²) in [7, 11) is 0. The molecule has 2 fully saturated rings. The highest BCUT2D eigenvalue weighted by molar-refractivity contribution is 7.13. The van der Waals surface area contributed by atoms with Crippen LogP contribution in [0.1, 0.15) is 57.1 Å². The molecule has 0 bridgehead atoms. The van der Waals surface area contributed by atoms with Crippen molar-refractivity contribution in [1.29, 1.82) is 0 Å². The highest BCUT2D eigenvalue weighted by Crippen LogP contribution is 2.41. The van der Waals surface area contributed by atoms with Crippen LogP contribution in [0.4, 0.5) is 5.13 Å². The molecule has 1 heterocycles. The van der Waals surface area contributed by atoms with Gasteiger partial charge in [0.25, 0.3) is 0 Å². The van der Waals surface area contributed by atoms with Gasteiger partial charge in [0.2, 0.25) is 5.91 Å². The van der Waals surface area contributed by atoms with Crippen LogP contribution >= 0.6 is 11.3 Å². The van der Waals surface area contributed by atoms with E-state index in [0.717, 1.165) is 18.0 Å². The van der Waals surface area contributed by atoms with Gasteiger partial charge in [-0.2, -0.15) is 0 Å². The van der Waals surface area contributed by atoms with Crippen LogP contribution in [0.2, 0.25) is 0 Å². The molecule has 2 aliphatic carbocycles. The van der Waals surface area contributed by atoms with Gasteiger partial charge in [-0.1, -0.05) is 19.8 Å². The lowest BCUT2D eigenvalue weighted by Gasteiger charge is -2.25. The van der Waals surface area contributed by atoms with Gasteiger partial charge in [0.05, 0.1) is 5.69 Å². The predicted octanol–water partition coefficient (Wildman–Crippen LogP) is 3.79. The van der Waals surface area contributed by atoms with E-state index in [9.17, 15) is 4.79 Å². The van der Waals surface area contributed by atoms with Gasteiger partial charge in [-0.3, -0.25) is 4.79 Å². The van der Waals surface area contributed by atoms with Crippen molar-refractivity contribution in [3.63, 3.8) is 0 Å². The molecule has 0 aromatic carbocycles. The Bertz CT molecular complexity index is 439. The van der Waals surface area contributed by atoms with Crippen molar-refractivity contribution in [1.82, 2.24) is 4.98 Å². The first-order valence-corrected chi connectivity index (χ1v) is 7.86. The van der Waals surface area contributed by atoms with Crippen LogP contribution in [0.15, 0.2) is 5.38 Å². The van der Waals surface area contributed by atoms with E-state index in [2.05, 4.69) is 22.6 Å². The lowest BCUT2D eigenvalue weighted by atomic mass is 9.82. The molecule has 2 atom stereocenters. The van der Waals surface area contributed by atoms with E-state index in [1.165, 1.54) is 31.4 Å². The number of thiazole rings is 1. The van der Waals surface area contributed by atoms with Crippen molar-refractivity contribution >= 4 is 22.4 Å². The summed E-state index contributed by atoms with van der Waals surface area (Å²) in [6.45, 7) is 2.24. The van der Waals surface area contributed by atoms with Crippen LogP contribution in [0.5, 0.6) is 0 Å². The number of hydrogen-bond acceptors (Lipinski definition) is 3. The summed E-state index contributed by atoms with van der Waals surface area (Å²) in [5.74, 6) is 1.73. The monoisotopic (exact) mass is 264 g/mol. The Morgan fingerprint density at radius 1 is 1.39 bits per heavy atom. The maximum atomic E-state index is 12.2. The average molecular weight is 264 g/mol. The summed E-state index contributed by atoms with van der Waals surface area (Å²) >= 11 is 1.57. The topological polar surface area (TPSA) is 42.0 Å². The summed E-state index contributed by atoms with van der Waals surface area (Å²) in [4.78, 5) is 16.7. The first-order chi connectivity index (χ1) is 8.72. The van der Waals surface area contributed by atoms with Crippen LogP contribution in [-0.2, 0) is 4.79 Å². The number of nitrogens with zero attached hydrogens (tertiary/aromatic N) is 1. The Hall–Kier alpha value is -0.900. The van der Waals surface area contributed by atoms with E-state index in [1.807, 2.05) is 0 Å². The van der Waals surface area contributed by atoms with E-state index < -0.39 is 0 Å². The second kappa shape index (κ2) is 5.00. The molecule has 0 unspecified atom stereocenters. The van der Waals surface area contributed by atoms with Crippen LogP contribution in [-0.4, -0.2) is 10.9 Å². The van der Waals surface area contributed by atoms with Crippen LogP contribution < -0.4 is 5.32 Å². The molecule has 0 aliphatic heterocycles. The molecule has 3 nitrogen and oxygen atoms in total. The van der Waals surface area contributed by atoms with Crippen molar-refractivity contribution in [3.8, 4) is 0 Å². The molecule has 0 spiro atoms. The minimum Gasteiger partial charge on any atom is -0.302 e. The molecule has 1 amide bonds. The third kappa shape index (κ3) is 2.74. The summed E-state index contributed by atoms with van der Waals surface area (Å²) in [5.41, 5.74) is 1.17. The van der Waals surface area contributed by atoms with Gasteiger partial charge < -0.3 is 5.32 Å². The van der Waals surface area contributed by atoms with E-state index in [-0.39, 0.29) is 11.8 Å². The van der Waals surface area contributed by atoms with Gasteiger partial charge >= 0.3 is 0 Å². The molecule has 0 saturated heterocycles. The zero-order valence-corrected chi connectivity index (χ0v) is 11.6. The third-order valence-corrected chi connectivity index (χ3v) is 4.83. The molecule has 3 rings (SSSR count). The lowest BCUT2D eigenvalue weighted by Crippen LogP contribution is -2.27. The molecule has 2 saturated carbocycles. The first kappa shape index (κ1) is 12.2. The number of amides is 1. The van der Waals surface area contributed by atoms with E-state index in [4.69, 9.17) is 0 Å². The van der Waals surface area contributed by atoms with E-state index >= 15 is 0 Å². The van der Waals surface area contributed by atoms with Crippen LogP contribution in [0.25, 0.3) is 0 Å². The van der Waals surface area contributed by atoms with Gasteiger partial charge in [0.1, 0.15) is 0 Å². The van der Waals surface area contributed by atoms with Crippen molar-refractivity contribution in [3.05, 3.63) is 11.1 Å². The highest BCUT2D eigenvalue weighted by atomic mass is 32.1. The average Bonchev–Trinajstić information content (AvgIpc) is 3.11. The Morgan fingerprint density at radius 3 is 2.94 bits per heavy atom. The molecular weight excluding hydrogens is 244 g/mol. The van der Waals surface area contributed by atoms with E-state index in [0.29, 0.717) is 11.8 Å². The Morgan fingerprint density at radius 2 is 2.22 bits per heavy atom. The summed E-state index contributed by atoms with van der Waals surface area (Å²) in [6.07, 6.45) is 7.05. The zero-order valence-electron chi connectivity index (χ0n) is 10.8. The maximum Gasteiger partial charge on any atom is 0.229 e. The number of hydrogen-bond donors (Lipinski definition) is 1. The molecule has 0 radical (unpaired) electrons. The fraction of sp³-hybridized carbons (Fsp3) is 0.714. The number of nitrogens with one attached hydrogen (secondary N) is 1. The summed E-state index contributed by atoms with van der Waals surface area (Å²) in [6, 6.07) is 0. The third-order valence-electron chi connectivity index (χ3n) is 4.05. The van der Waals surface area contributed by atoms with Crippen molar-refractivity contribution in [2.24, 2.45) is 11.8 Å². The van der Waals surface area contributed by atoms with Crippen LogP contribution in [0.3, 0.4) is 0 Å². The smallest absolute Gasteiger partial charge is 0.229 e. The largest absolute Gasteiger partial charge is 0.302 e. The molecular formula is C14H20N2OS. The van der Waals surface area contributed by atoms with Crippen molar-refractivity contribution in [2.75, 3.05) is 5.32 Å². The molecule has 1 aromatic heterocycles. The maximum absolute atomic E-state index is 12.2. The van der Waals surface area contributed by atoms with Gasteiger partial charge in [-0.15, -0.1) is 11.3 Å². The normalized spacial score (nSPS) is 28.1. The van der Waals surface area contributed by atoms with E-state index in [1.54, 1.807) is 11.3 Å². The Labute approximate surface area is 112 Å². The number of carbonyl (C=O) groups is 1. The Kier molecular flexibility index (Phi) is 3.37. The van der Waals surface area contributed by atoms with Crippen molar-refractivity contribution in [2.45, 2.75) is 51.4 Å². The lowest BCUT2D eigenvalue weighted by molar-refractivity contribution is -0.121. The molecule has 4 heteroatoms. The summed E-state index contributed by atoms with van der Waals surface area (Å²) in [5, 5.41) is 5.89. The predicted molar refractivity (Wildman–Crippen MR) is 73.8 cm³/mol. The Balaban J connectivity index is 1.58. The quantitative estimate of drug-likeness (QED) is 0.902. The molecule has 1 aromatic rings. The van der Waals surface area contributed by atoms with Crippen LogP contribution in [0, 0.1) is 11.8 Å². The van der Waals surface area contributed by atoms with Gasteiger partial charge in [0, 0.05) is 17.2 Å². The molecule has 1 N–H and O–H groups in total. The number of aromatic nitrogens is 1. The molecule has 2 aliphatic rings. The SMILES string of the molecule is C[C@H]1CCC[C@@H](C(=O)Nc2nc(C3CC3)cs2)C1. The second-order valence-electron chi connectivity index (χ2n) is 5.81. The standard InChI is InChI=1S/C14H20N2OS/c1-9-3-2-4-11(7-9)13(17)16-14-15-12(8-18-14)10-5-6-10/h8-11H,2-7H2,1H3,(H,15,16,17)/t9-,11+/m0/s1. The van der Waals surface area contributed by atoms with Gasteiger partial charge in [-0.05, 0) is 31.6 Å². The molecule has 98 valence electrons. The van der Waals surface area contributed by atoms with Gasteiger partial charge in [-0.25, -0.2) is 4.98 Å².